The molecule has 1 heterocycles. The van der Waals surface area contributed by atoms with Gasteiger partial charge in [-0.15, -0.1) is 0 Å². The molecule has 0 N–H and O–H groups in total. The number of carbonyl (C=O) groups excluding carboxylic acids is 2. The summed E-state index contributed by atoms with van der Waals surface area (Å²) in [5.74, 6) is 0.939. The third-order valence-corrected chi connectivity index (χ3v) is 12.1. The number of hydrogen-bond donors (Lipinski definition) is 0. The van der Waals surface area contributed by atoms with Crippen molar-refractivity contribution in [3.63, 3.8) is 0 Å². The fourth-order valence-electron chi connectivity index (χ4n) is 8.40. The number of unbranched alkanes of at least 4 members (excludes halogenated alkanes) is 8. The normalized spacial score (nSPS) is 18.3. The van der Waals surface area contributed by atoms with Crippen LogP contribution in [0.3, 0.4) is 0 Å². The minimum absolute atomic E-state index is 0.0645. The van der Waals surface area contributed by atoms with Gasteiger partial charge in [-0.2, -0.15) is 0 Å². The lowest BCUT2D eigenvalue weighted by atomic mass is 9.97. The van der Waals surface area contributed by atoms with E-state index in [2.05, 4.69) is 0 Å². The molecule has 1 unspecified atom stereocenters. The smallest absolute Gasteiger partial charge is 0.338 e. The Morgan fingerprint density at radius 1 is 0.522 bits per heavy atom. The zero-order chi connectivity index (χ0) is 48.1. The Balaban J connectivity index is 1.02. The van der Waals surface area contributed by atoms with E-state index >= 15 is 0 Å². The van der Waals surface area contributed by atoms with E-state index < -0.39 is 36.7 Å². The van der Waals surface area contributed by atoms with Gasteiger partial charge in [0.2, 0.25) is 0 Å². The molecule has 6 atom stereocenters. The molecule has 1 aliphatic heterocycles. The van der Waals surface area contributed by atoms with Gasteiger partial charge < -0.3 is 42.6 Å². The van der Waals surface area contributed by atoms with Crippen molar-refractivity contribution in [2.24, 2.45) is 0 Å². The van der Waals surface area contributed by atoms with Crippen LogP contribution in [0.25, 0.3) is 0 Å². The van der Waals surface area contributed by atoms with Crippen molar-refractivity contribution in [3.05, 3.63) is 168 Å². The lowest BCUT2D eigenvalue weighted by Crippen LogP contribution is -2.62. The first-order valence-corrected chi connectivity index (χ1v) is 24.8. The molecule has 5 aromatic carbocycles. The first kappa shape index (κ1) is 52.8. The van der Waals surface area contributed by atoms with E-state index in [0.29, 0.717) is 25.4 Å². The van der Waals surface area contributed by atoms with Crippen molar-refractivity contribution in [1.29, 1.82) is 0 Å². The van der Waals surface area contributed by atoms with E-state index in [0.717, 1.165) is 105 Å². The first-order chi connectivity index (χ1) is 33.9. The van der Waals surface area contributed by atoms with Gasteiger partial charge in [0.25, 0.3) is 0 Å². The van der Waals surface area contributed by atoms with Crippen LogP contribution in [0.4, 0.5) is 0 Å². The van der Waals surface area contributed by atoms with Crippen LogP contribution in [0.1, 0.15) is 111 Å². The maximum Gasteiger partial charge on any atom is 0.338 e. The van der Waals surface area contributed by atoms with Gasteiger partial charge in [-0.3, -0.25) is 4.79 Å². The van der Waals surface area contributed by atoms with Crippen LogP contribution in [0, 0.1) is 0 Å². The molecular weight excluding hydrogens is 873 g/mol. The third-order valence-electron chi connectivity index (χ3n) is 12.1. The second-order valence-corrected chi connectivity index (χ2v) is 17.5. The number of ether oxygens (including phenoxy) is 9. The first-order valence-electron chi connectivity index (χ1n) is 24.8. The summed E-state index contributed by atoms with van der Waals surface area (Å²) < 4.78 is 56.3. The van der Waals surface area contributed by atoms with Crippen LogP contribution in [0.5, 0.6) is 11.5 Å². The predicted octanol–water partition coefficient (Wildman–Crippen LogP) is 12.0. The minimum Gasteiger partial charge on any atom is -0.497 e. The zero-order valence-electron chi connectivity index (χ0n) is 40.5. The molecule has 0 aromatic heterocycles. The van der Waals surface area contributed by atoms with E-state index in [1.54, 1.807) is 31.4 Å². The number of esters is 2. The second kappa shape index (κ2) is 30.8. The maximum atomic E-state index is 13.8. The highest BCUT2D eigenvalue weighted by atomic mass is 16.7. The number of benzene rings is 5. The van der Waals surface area contributed by atoms with Crippen LogP contribution in [-0.2, 0) is 57.8 Å². The van der Waals surface area contributed by atoms with Crippen LogP contribution >= 0.6 is 0 Å². The van der Waals surface area contributed by atoms with Crippen molar-refractivity contribution < 1.29 is 52.2 Å². The predicted molar refractivity (Wildman–Crippen MR) is 266 cm³/mol. The average Bonchev–Trinajstić information content (AvgIpc) is 3.38. The van der Waals surface area contributed by atoms with E-state index in [1.165, 1.54) is 6.92 Å². The molecule has 0 spiro atoms. The molecule has 1 aliphatic rings. The lowest BCUT2D eigenvalue weighted by molar-refractivity contribution is -0.318. The van der Waals surface area contributed by atoms with Crippen molar-refractivity contribution in [3.8, 4) is 11.5 Å². The van der Waals surface area contributed by atoms with Gasteiger partial charge in [0.15, 0.2) is 12.4 Å². The summed E-state index contributed by atoms with van der Waals surface area (Å²) in [6.45, 7) is 3.67. The highest BCUT2D eigenvalue weighted by Gasteiger charge is 2.50. The van der Waals surface area contributed by atoms with Crippen LogP contribution in [-0.4, -0.2) is 75.7 Å². The maximum absolute atomic E-state index is 13.8. The van der Waals surface area contributed by atoms with Gasteiger partial charge in [-0.05, 0) is 91.6 Å². The molecule has 11 nitrogen and oxygen atoms in total. The Hall–Kier alpha value is -5.56. The van der Waals surface area contributed by atoms with Gasteiger partial charge in [-0.25, -0.2) is 4.79 Å². The zero-order valence-corrected chi connectivity index (χ0v) is 40.5. The molecule has 5 aromatic rings. The quantitative estimate of drug-likeness (QED) is 0.0303. The number of carbonyl (C=O) groups is 2. The molecule has 11 heteroatoms. The summed E-state index contributed by atoms with van der Waals surface area (Å²) in [6, 6.07) is 46.4. The average molecular weight is 945 g/mol. The highest BCUT2D eigenvalue weighted by molar-refractivity contribution is 5.89. The fourth-order valence-corrected chi connectivity index (χ4v) is 8.40. The largest absolute Gasteiger partial charge is 0.497 e. The van der Waals surface area contributed by atoms with Crippen molar-refractivity contribution in [2.75, 3.05) is 26.9 Å². The molecule has 1 fully saturated rings. The van der Waals surface area contributed by atoms with Crippen LogP contribution < -0.4 is 9.47 Å². The van der Waals surface area contributed by atoms with E-state index in [4.69, 9.17) is 42.6 Å². The summed E-state index contributed by atoms with van der Waals surface area (Å²) in [7, 11) is 1.66. The van der Waals surface area contributed by atoms with Gasteiger partial charge in [0.1, 0.15) is 35.9 Å². The Bertz CT molecular complexity index is 2120. The molecule has 0 bridgehead atoms. The Kier molecular flexibility index (Phi) is 23.6. The topological polar surface area (TPSA) is 117 Å². The molecule has 0 amide bonds. The van der Waals surface area contributed by atoms with Gasteiger partial charge in [-0.1, -0.05) is 148 Å². The van der Waals surface area contributed by atoms with Gasteiger partial charge in [0, 0.05) is 13.5 Å². The molecule has 6 rings (SSSR count). The van der Waals surface area contributed by atoms with E-state index in [-0.39, 0.29) is 31.9 Å². The van der Waals surface area contributed by atoms with Crippen LogP contribution in [0.2, 0.25) is 0 Å². The van der Waals surface area contributed by atoms with Crippen molar-refractivity contribution >= 4 is 11.9 Å². The Morgan fingerprint density at radius 2 is 1.01 bits per heavy atom. The SMILES string of the molecule is COc1ccc(OCCCCCCCC(CCCCCCCO[C@@H]2O[C@H](COCc3ccccc3)[C@@H](OCc3ccccc3)[C@H](OCc3ccccc3)[C@H]2OC(=O)c2ccccc2)OC(C)=O)cc1. The molecule has 0 radical (unpaired) electrons. The monoisotopic (exact) mass is 945 g/mol. The number of methoxy groups -OCH3 is 1. The van der Waals surface area contributed by atoms with Crippen LogP contribution in [0.15, 0.2) is 146 Å². The number of hydrogen-bond acceptors (Lipinski definition) is 11. The molecular formula is C58H72O11. The Labute approximate surface area is 409 Å². The molecule has 69 heavy (non-hydrogen) atoms. The summed E-state index contributed by atoms with van der Waals surface area (Å²) in [4.78, 5) is 25.8. The fraction of sp³-hybridized carbons (Fsp3) is 0.448. The minimum atomic E-state index is -0.968. The third kappa shape index (κ3) is 19.4. The molecule has 370 valence electrons. The standard InChI is InChI=1S/C58H72O11/c1-45(59)67-52(33-21-5-3-7-23-39-63-51-37-35-50(61-2)36-38-51)34-22-6-4-8-24-40-64-58-56(69-57(60)49-31-19-12-20-32-49)55(66-43-48-29-17-11-18-30-48)54(65-42-47-27-15-10-16-28-47)53(68-58)44-62-41-46-25-13-9-14-26-46/h9-20,25-32,35-38,52-56,58H,3-8,21-24,33-34,39-44H2,1-2H3/t52?,53-,54-,55+,56-,58-/m1/s1. The molecule has 0 saturated carbocycles. The van der Waals surface area contributed by atoms with Crippen molar-refractivity contribution in [1.82, 2.24) is 0 Å². The molecule has 1 saturated heterocycles. The highest BCUT2D eigenvalue weighted by Crippen LogP contribution is 2.32. The lowest BCUT2D eigenvalue weighted by Gasteiger charge is -2.45. The summed E-state index contributed by atoms with van der Waals surface area (Å²) in [6.07, 6.45) is 7.68. The van der Waals surface area contributed by atoms with Crippen molar-refractivity contribution in [2.45, 2.75) is 141 Å². The number of rotatable bonds is 32. The van der Waals surface area contributed by atoms with Gasteiger partial charge in [0.05, 0.1) is 45.7 Å². The second-order valence-electron chi connectivity index (χ2n) is 17.5. The van der Waals surface area contributed by atoms with E-state index in [9.17, 15) is 9.59 Å². The van der Waals surface area contributed by atoms with Gasteiger partial charge >= 0.3 is 11.9 Å². The summed E-state index contributed by atoms with van der Waals surface area (Å²) >= 11 is 0. The van der Waals surface area contributed by atoms with E-state index in [1.807, 2.05) is 121 Å². The Morgan fingerprint density at radius 3 is 1.58 bits per heavy atom. The molecule has 0 aliphatic carbocycles. The summed E-state index contributed by atoms with van der Waals surface area (Å²) in [5.41, 5.74) is 3.39. The summed E-state index contributed by atoms with van der Waals surface area (Å²) in [5, 5.41) is 0.